The Hall–Kier alpha value is -0.930. The minimum atomic E-state index is 0.413. The van der Waals surface area contributed by atoms with Crippen molar-refractivity contribution in [2.75, 3.05) is 0 Å². The normalized spacial score (nSPS) is 24.3. The maximum atomic E-state index is 4.52. The third-order valence-corrected chi connectivity index (χ3v) is 4.72. The molecule has 3 atom stereocenters. The van der Waals surface area contributed by atoms with Crippen molar-refractivity contribution in [1.29, 1.82) is 0 Å². The van der Waals surface area contributed by atoms with Crippen molar-refractivity contribution in [2.45, 2.75) is 45.2 Å². The van der Waals surface area contributed by atoms with Gasteiger partial charge in [-0.2, -0.15) is 0 Å². The standard InChI is InChI=1S/C15H20N2S/c1-3-4-11-7-14(11)17-10(2)12-8-15-13(16-9-12)5-6-18-15/h5-6,8-11,14,17H,3-4,7H2,1-2H3. The van der Waals surface area contributed by atoms with E-state index in [4.69, 9.17) is 0 Å². The van der Waals surface area contributed by atoms with Crippen LogP contribution in [0, 0.1) is 5.92 Å². The first-order valence-electron chi connectivity index (χ1n) is 6.87. The zero-order valence-electron chi connectivity index (χ0n) is 11.0. The smallest absolute Gasteiger partial charge is 0.0809 e. The lowest BCUT2D eigenvalue weighted by Crippen LogP contribution is -2.22. The van der Waals surface area contributed by atoms with Gasteiger partial charge in [0, 0.05) is 18.3 Å². The van der Waals surface area contributed by atoms with Crippen molar-refractivity contribution in [3.63, 3.8) is 0 Å². The van der Waals surface area contributed by atoms with Crippen molar-refractivity contribution < 1.29 is 0 Å². The van der Waals surface area contributed by atoms with Crippen LogP contribution in [0.4, 0.5) is 0 Å². The zero-order valence-corrected chi connectivity index (χ0v) is 11.8. The summed E-state index contributed by atoms with van der Waals surface area (Å²) in [5.74, 6) is 0.913. The van der Waals surface area contributed by atoms with Crippen molar-refractivity contribution in [1.82, 2.24) is 10.3 Å². The van der Waals surface area contributed by atoms with E-state index in [9.17, 15) is 0 Å². The molecule has 0 spiro atoms. The average molecular weight is 260 g/mol. The third-order valence-electron chi connectivity index (χ3n) is 3.87. The molecule has 0 aromatic carbocycles. The van der Waals surface area contributed by atoms with Gasteiger partial charge < -0.3 is 5.32 Å². The molecule has 1 saturated carbocycles. The molecule has 1 aliphatic carbocycles. The third kappa shape index (κ3) is 2.43. The Morgan fingerprint density at radius 2 is 2.44 bits per heavy atom. The Balaban J connectivity index is 1.66. The molecule has 1 N–H and O–H groups in total. The van der Waals surface area contributed by atoms with Crippen LogP contribution >= 0.6 is 11.3 Å². The second-order valence-corrected chi connectivity index (χ2v) is 6.30. The van der Waals surface area contributed by atoms with E-state index in [1.165, 1.54) is 29.5 Å². The van der Waals surface area contributed by atoms with E-state index in [0.717, 1.165) is 17.5 Å². The molecule has 2 aromatic rings. The van der Waals surface area contributed by atoms with Crippen LogP contribution in [0.15, 0.2) is 23.7 Å². The zero-order chi connectivity index (χ0) is 12.5. The van der Waals surface area contributed by atoms with Gasteiger partial charge in [0.1, 0.15) is 0 Å². The van der Waals surface area contributed by atoms with Gasteiger partial charge >= 0.3 is 0 Å². The summed E-state index contributed by atoms with van der Waals surface area (Å²) in [6.45, 7) is 4.52. The second-order valence-electron chi connectivity index (χ2n) is 5.35. The number of thiophene rings is 1. The van der Waals surface area contributed by atoms with Gasteiger partial charge in [-0.15, -0.1) is 11.3 Å². The summed E-state index contributed by atoms with van der Waals surface area (Å²) in [6, 6.07) is 5.51. The van der Waals surface area contributed by atoms with Crippen LogP contribution in [0.25, 0.3) is 10.2 Å². The molecule has 3 rings (SSSR count). The van der Waals surface area contributed by atoms with Crippen LogP contribution in [-0.2, 0) is 0 Å². The van der Waals surface area contributed by atoms with Crippen LogP contribution in [0.5, 0.6) is 0 Å². The molecule has 2 aromatic heterocycles. The number of pyridine rings is 1. The molecule has 18 heavy (non-hydrogen) atoms. The van der Waals surface area contributed by atoms with E-state index in [1.807, 2.05) is 6.20 Å². The number of nitrogens with one attached hydrogen (secondary N) is 1. The monoisotopic (exact) mass is 260 g/mol. The fourth-order valence-corrected chi connectivity index (χ4v) is 3.45. The Labute approximate surface area is 112 Å². The quantitative estimate of drug-likeness (QED) is 0.874. The van der Waals surface area contributed by atoms with Crippen LogP contribution < -0.4 is 5.32 Å². The molecule has 3 unspecified atom stereocenters. The maximum Gasteiger partial charge on any atom is 0.0809 e. The maximum absolute atomic E-state index is 4.52. The van der Waals surface area contributed by atoms with Crippen molar-refractivity contribution >= 4 is 21.6 Å². The molecule has 2 nitrogen and oxygen atoms in total. The number of hydrogen-bond acceptors (Lipinski definition) is 3. The minimum Gasteiger partial charge on any atom is -0.307 e. The first-order valence-corrected chi connectivity index (χ1v) is 7.75. The molecule has 1 aliphatic rings. The van der Waals surface area contributed by atoms with E-state index < -0.39 is 0 Å². The van der Waals surface area contributed by atoms with Gasteiger partial charge in [0.25, 0.3) is 0 Å². The predicted molar refractivity (Wildman–Crippen MR) is 78.0 cm³/mol. The molecule has 0 radical (unpaired) electrons. The Kier molecular flexibility index (Phi) is 3.35. The molecule has 96 valence electrons. The van der Waals surface area contributed by atoms with E-state index >= 15 is 0 Å². The largest absolute Gasteiger partial charge is 0.307 e. The molecule has 0 saturated heterocycles. The van der Waals surface area contributed by atoms with Gasteiger partial charge in [-0.1, -0.05) is 13.3 Å². The lowest BCUT2D eigenvalue weighted by Gasteiger charge is -2.14. The van der Waals surface area contributed by atoms with E-state index in [-0.39, 0.29) is 0 Å². The highest BCUT2D eigenvalue weighted by molar-refractivity contribution is 7.17. The molecule has 3 heteroatoms. The number of nitrogens with zero attached hydrogens (tertiary/aromatic N) is 1. The summed E-state index contributed by atoms with van der Waals surface area (Å²) in [5.41, 5.74) is 2.43. The van der Waals surface area contributed by atoms with Gasteiger partial charge in [-0.25, -0.2) is 0 Å². The summed E-state index contributed by atoms with van der Waals surface area (Å²) in [7, 11) is 0. The van der Waals surface area contributed by atoms with Crippen LogP contribution in [0.1, 0.15) is 44.7 Å². The summed E-state index contributed by atoms with van der Waals surface area (Å²) in [4.78, 5) is 4.52. The summed E-state index contributed by atoms with van der Waals surface area (Å²) in [6.07, 6.45) is 6.04. The second kappa shape index (κ2) is 4.98. The fraction of sp³-hybridized carbons (Fsp3) is 0.533. The van der Waals surface area contributed by atoms with Crippen LogP contribution in [-0.4, -0.2) is 11.0 Å². The highest BCUT2D eigenvalue weighted by Gasteiger charge is 2.36. The lowest BCUT2D eigenvalue weighted by atomic mass is 10.1. The Bertz CT molecular complexity index is 534. The molecule has 0 amide bonds. The molecular weight excluding hydrogens is 240 g/mol. The Morgan fingerprint density at radius 1 is 1.56 bits per heavy atom. The lowest BCUT2D eigenvalue weighted by molar-refractivity contribution is 0.529. The van der Waals surface area contributed by atoms with Crippen LogP contribution in [0.3, 0.4) is 0 Å². The van der Waals surface area contributed by atoms with E-state index in [2.05, 4.69) is 41.7 Å². The SMILES string of the molecule is CCCC1CC1NC(C)c1cnc2ccsc2c1. The minimum absolute atomic E-state index is 0.413. The topological polar surface area (TPSA) is 24.9 Å². The van der Waals surface area contributed by atoms with Crippen LogP contribution in [0.2, 0.25) is 0 Å². The predicted octanol–water partition coefficient (Wildman–Crippen LogP) is 4.14. The fourth-order valence-electron chi connectivity index (χ4n) is 2.66. The van der Waals surface area contributed by atoms with Gasteiger partial charge in [0.2, 0.25) is 0 Å². The molecule has 0 bridgehead atoms. The van der Waals surface area contributed by atoms with Gasteiger partial charge in [-0.3, -0.25) is 4.98 Å². The van der Waals surface area contributed by atoms with Crippen molar-refractivity contribution in [2.24, 2.45) is 5.92 Å². The van der Waals surface area contributed by atoms with E-state index in [0.29, 0.717) is 6.04 Å². The molecule has 0 aliphatic heterocycles. The highest BCUT2D eigenvalue weighted by atomic mass is 32.1. The summed E-state index contributed by atoms with van der Waals surface area (Å²) < 4.78 is 1.29. The number of fused-ring (bicyclic) bond motifs is 1. The highest BCUT2D eigenvalue weighted by Crippen LogP contribution is 2.36. The first kappa shape index (κ1) is 12.1. The summed E-state index contributed by atoms with van der Waals surface area (Å²) in [5, 5.41) is 5.84. The van der Waals surface area contributed by atoms with E-state index in [1.54, 1.807) is 11.3 Å². The Morgan fingerprint density at radius 3 is 3.28 bits per heavy atom. The molecular formula is C15H20N2S. The average Bonchev–Trinajstić information content (AvgIpc) is 2.92. The van der Waals surface area contributed by atoms with Gasteiger partial charge in [0.05, 0.1) is 10.2 Å². The number of hydrogen-bond donors (Lipinski definition) is 1. The molecule has 1 fully saturated rings. The first-order chi connectivity index (χ1) is 8.78. The number of rotatable bonds is 5. The van der Waals surface area contributed by atoms with Gasteiger partial charge in [0.15, 0.2) is 0 Å². The molecule has 2 heterocycles. The van der Waals surface area contributed by atoms with Crippen molar-refractivity contribution in [3.8, 4) is 0 Å². The summed E-state index contributed by atoms with van der Waals surface area (Å²) >= 11 is 1.77. The van der Waals surface area contributed by atoms with Gasteiger partial charge in [-0.05, 0) is 48.8 Å². The number of aromatic nitrogens is 1. The van der Waals surface area contributed by atoms with Crippen molar-refractivity contribution in [3.05, 3.63) is 29.3 Å².